The van der Waals surface area contributed by atoms with E-state index in [1.165, 1.54) is 36.6 Å². The summed E-state index contributed by atoms with van der Waals surface area (Å²) >= 11 is -4.10. The molecule has 0 N–H and O–H groups in total. The molecule has 231 valence electrons. The standard InChI is InChI=1S/C26H20GeNO.C14H16GeN.Ir/c1-16-11-12-28-24(13-16)19-9-6-8-18-21-14-20-17-7-4-5-10-22(17)27(2,3)23(20)15-25(21)29-26(18)19;1-15(2,3)13-9-10-14(16-11-13)12-7-5-4-6-8-12;/h4-8,10-15H,1-3H3;4-7,9-11H,1-3H3;/q2*-1;/i1D3;;. The van der Waals surface area contributed by atoms with Crippen LogP contribution >= 0.6 is 0 Å². The van der Waals surface area contributed by atoms with E-state index in [0.717, 1.165) is 27.6 Å². The molecule has 1 aliphatic rings. The van der Waals surface area contributed by atoms with Gasteiger partial charge in [0.1, 0.15) is 0 Å². The van der Waals surface area contributed by atoms with Crippen molar-refractivity contribution < 1.29 is 28.6 Å². The summed E-state index contributed by atoms with van der Waals surface area (Å²) in [5, 5.41) is 2.06. The molecule has 0 fully saturated rings. The Morgan fingerprint density at radius 3 is 2.33 bits per heavy atom. The van der Waals surface area contributed by atoms with Gasteiger partial charge in [0, 0.05) is 20.1 Å². The van der Waals surface area contributed by atoms with Crippen LogP contribution in [0.15, 0.2) is 114 Å². The normalized spacial score (nSPS) is 14.2. The van der Waals surface area contributed by atoms with Crippen molar-refractivity contribution in [3.8, 4) is 33.6 Å². The Balaban J connectivity index is 0.000000208. The number of benzene rings is 4. The Morgan fingerprint density at radius 1 is 0.761 bits per heavy atom. The molecule has 3 nitrogen and oxygen atoms in total. The van der Waals surface area contributed by atoms with Crippen LogP contribution in [0.5, 0.6) is 0 Å². The van der Waals surface area contributed by atoms with Gasteiger partial charge in [-0.05, 0) is 0 Å². The molecule has 0 spiro atoms. The molecule has 0 aliphatic carbocycles. The third-order valence-electron chi connectivity index (χ3n) is 8.77. The molecular weight excluding hydrogens is 862 g/mol. The molecule has 46 heavy (non-hydrogen) atoms. The van der Waals surface area contributed by atoms with Crippen LogP contribution in [0.2, 0.25) is 28.8 Å². The van der Waals surface area contributed by atoms with Crippen LogP contribution in [0, 0.1) is 19.0 Å². The molecule has 1 aliphatic heterocycles. The summed E-state index contributed by atoms with van der Waals surface area (Å²) in [6.45, 7) is -2.19. The molecule has 0 atom stereocenters. The molecule has 0 saturated heterocycles. The van der Waals surface area contributed by atoms with Crippen LogP contribution in [0.25, 0.3) is 55.6 Å². The van der Waals surface area contributed by atoms with E-state index in [2.05, 4.69) is 99.4 Å². The smallest absolute Gasteiger partial charge is 0 e. The molecule has 4 heterocycles. The monoisotopic (exact) mass is 904 g/mol. The van der Waals surface area contributed by atoms with Gasteiger partial charge in [0.25, 0.3) is 0 Å². The van der Waals surface area contributed by atoms with Crippen molar-refractivity contribution in [2.24, 2.45) is 0 Å². The van der Waals surface area contributed by atoms with E-state index >= 15 is 0 Å². The number of rotatable bonds is 3. The van der Waals surface area contributed by atoms with Crippen molar-refractivity contribution >= 4 is 61.7 Å². The molecule has 0 unspecified atom stereocenters. The summed E-state index contributed by atoms with van der Waals surface area (Å²) < 4.78 is 34.0. The maximum atomic E-state index is 7.73. The quantitative estimate of drug-likeness (QED) is 0.132. The van der Waals surface area contributed by atoms with Gasteiger partial charge in [-0.1, -0.05) is 0 Å². The number of furan rings is 1. The maximum absolute atomic E-state index is 7.73. The first kappa shape index (κ1) is 28.9. The van der Waals surface area contributed by atoms with E-state index < -0.39 is 33.4 Å². The Labute approximate surface area is 294 Å². The van der Waals surface area contributed by atoms with Crippen LogP contribution in [0.1, 0.15) is 9.68 Å². The first-order valence-corrected chi connectivity index (χ1v) is 28.9. The van der Waals surface area contributed by atoms with Crippen LogP contribution in [0.3, 0.4) is 0 Å². The van der Waals surface area contributed by atoms with E-state index in [4.69, 9.17) is 8.53 Å². The average Bonchev–Trinajstić information content (AvgIpc) is 3.55. The molecule has 4 aromatic carbocycles. The molecule has 0 bridgehead atoms. The second kappa shape index (κ2) is 12.7. The van der Waals surface area contributed by atoms with Gasteiger partial charge >= 0.3 is 277 Å². The molecule has 0 amide bonds. The minimum Gasteiger partial charge on any atom is 0 e. The van der Waals surface area contributed by atoms with Gasteiger partial charge in [-0.2, -0.15) is 0 Å². The maximum Gasteiger partial charge on any atom is 0 e. The fraction of sp³-hybridized carbons (Fsp3) is 0.150. The van der Waals surface area contributed by atoms with Gasteiger partial charge in [-0.3, -0.25) is 0 Å². The van der Waals surface area contributed by atoms with E-state index in [0.29, 0.717) is 16.8 Å². The van der Waals surface area contributed by atoms with Crippen LogP contribution in [-0.4, -0.2) is 36.5 Å². The first-order chi connectivity index (χ1) is 22.8. The number of fused-ring (bicyclic) bond motifs is 6. The van der Waals surface area contributed by atoms with Crippen molar-refractivity contribution in [1.29, 1.82) is 0 Å². The fourth-order valence-corrected chi connectivity index (χ4v) is 14.8. The second-order valence-electron chi connectivity index (χ2n) is 13.2. The van der Waals surface area contributed by atoms with Gasteiger partial charge in [0.05, 0.1) is 0 Å². The number of hydrogen-bond donors (Lipinski definition) is 0. The topological polar surface area (TPSA) is 38.9 Å². The molecule has 0 saturated carbocycles. The van der Waals surface area contributed by atoms with Crippen LogP contribution < -0.4 is 13.2 Å². The SMILES string of the molecule is [2H]C([2H])([2H])c1ccnc(-c2[c-]ccc3c2oc2c[c]4c(cc23)-c2cccc[c]2[Ge]4([CH3])[CH3])c1.[CH3][Ge]([CH3])([CH3])[c]1ccc(-c2[c-]cccc2)nc1.[Ir]. The van der Waals surface area contributed by atoms with Gasteiger partial charge < -0.3 is 0 Å². The Morgan fingerprint density at radius 2 is 1.59 bits per heavy atom. The van der Waals surface area contributed by atoms with Crippen LogP contribution in [0.4, 0.5) is 0 Å². The van der Waals surface area contributed by atoms with E-state index in [1.54, 1.807) is 6.07 Å². The van der Waals surface area contributed by atoms with Gasteiger partial charge in [0.15, 0.2) is 0 Å². The van der Waals surface area contributed by atoms with Crippen molar-refractivity contribution in [2.45, 2.75) is 35.6 Å². The zero-order valence-electron chi connectivity index (χ0n) is 29.5. The molecule has 1 radical (unpaired) electrons. The number of nitrogens with zero attached hydrogens (tertiary/aromatic N) is 2. The van der Waals surface area contributed by atoms with E-state index in [1.807, 2.05) is 42.6 Å². The first-order valence-electron chi connectivity index (χ1n) is 16.7. The minimum absolute atomic E-state index is 0. The number of hydrogen-bond acceptors (Lipinski definition) is 3. The Hall–Kier alpha value is -3.28. The zero-order chi connectivity index (χ0) is 33.8. The van der Waals surface area contributed by atoms with Crippen molar-refractivity contribution in [3.05, 3.63) is 127 Å². The number of aryl methyl sites for hydroxylation is 1. The largest absolute Gasteiger partial charge is 0 e. The molecule has 7 aromatic rings. The molecule has 3 aromatic heterocycles. The number of pyridine rings is 2. The van der Waals surface area contributed by atoms with Gasteiger partial charge in [-0.25, -0.2) is 0 Å². The fourth-order valence-electron chi connectivity index (χ4n) is 6.24. The predicted octanol–water partition coefficient (Wildman–Crippen LogP) is 8.65. The van der Waals surface area contributed by atoms with Crippen molar-refractivity contribution in [2.75, 3.05) is 0 Å². The van der Waals surface area contributed by atoms with Gasteiger partial charge in [-0.15, -0.1) is 0 Å². The molecule has 8 rings (SSSR count). The predicted molar refractivity (Wildman–Crippen MR) is 194 cm³/mol. The zero-order valence-corrected chi connectivity index (χ0v) is 33.1. The van der Waals surface area contributed by atoms with Crippen molar-refractivity contribution in [3.63, 3.8) is 0 Å². The summed E-state index contributed by atoms with van der Waals surface area (Å²) in [5.74, 6) is 12.0. The average molecular weight is 901 g/mol. The summed E-state index contributed by atoms with van der Waals surface area (Å²) in [6.07, 6.45) is 3.57. The summed E-state index contributed by atoms with van der Waals surface area (Å²) in [6, 6.07) is 39.0. The summed E-state index contributed by atoms with van der Waals surface area (Å²) in [4.78, 5) is 8.96. The van der Waals surface area contributed by atoms with E-state index in [9.17, 15) is 0 Å². The van der Waals surface area contributed by atoms with Gasteiger partial charge in [0.2, 0.25) is 0 Å². The third kappa shape index (κ3) is 5.97. The third-order valence-corrected chi connectivity index (χ3v) is 20.5. The van der Waals surface area contributed by atoms with E-state index in [-0.39, 0.29) is 25.7 Å². The second-order valence-corrected chi connectivity index (χ2v) is 32.9. The molecular formula is C40H36Ge2IrN2O-2. The summed E-state index contributed by atoms with van der Waals surface area (Å²) in [5.41, 5.74) is 7.79. The van der Waals surface area contributed by atoms with Crippen LogP contribution in [-0.2, 0) is 20.1 Å². The summed E-state index contributed by atoms with van der Waals surface area (Å²) in [7, 11) is 0. The molecule has 6 heteroatoms. The Kier molecular flexibility index (Phi) is 8.00. The van der Waals surface area contributed by atoms with Crippen molar-refractivity contribution in [1.82, 2.24) is 9.97 Å². The number of aromatic nitrogens is 2. The Bertz CT molecular complexity index is 2290. The minimum atomic E-state index is -2.39.